The van der Waals surface area contributed by atoms with Crippen molar-refractivity contribution in [2.75, 3.05) is 5.32 Å². The Hall–Kier alpha value is -5.69. The number of rotatable bonds is 5. The Kier molecular flexibility index (Phi) is 7.40. The topological polar surface area (TPSA) is 161 Å². The van der Waals surface area contributed by atoms with Gasteiger partial charge in [0.2, 0.25) is 17.7 Å². The largest absolute Gasteiger partial charge is 0.469 e. The SMILES string of the molecule is CC(C)(C)[C@@H]1NC(=O)[C@@H](NC(=O)OCc2ccccc2)Cc2ccc3c(c2)[C@@]2(c4cc(F)ccc4N[C@@H]2O3)c2oc1nc2-c1nc(CO)co1. The number of anilines is 1. The van der Waals surface area contributed by atoms with Gasteiger partial charge in [-0.1, -0.05) is 63.2 Å². The third-order valence-corrected chi connectivity index (χ3v) is 9.38. The number of benzene rings is 3. The maximum atomic E-state index is 15.2. The molecule has 0 unspecified atom stereocenters. The van der Waals surface area contributed by atoms with E-state index in [1.807, 2.05) is 63.2 Å². The molecule has 4 atom stereocenters. The smallest absolute Gasteiger partial charge is 0.408 e. The molecule has 0 aliphatic carbocycles. The van der Waals surface area contributed by atoms with E-state index in [0.29, 0.717) is 28.1 Å². The highest BCUT2D eigenvalue weighted by Gasteiger charge is 2.61. The van der Waals surface area contributed by atoms with Gasteiger partial charge in [0.1, 0.15) is 47.6 Å². The summed E-state index contributed by atoms with van der Waals surface area (Å²) in [5.41, 5.74) is 1.82. The normalized spacial score (nSPS) is 21.9. The van der Waals surface area contributed by atoms with Crippen molar-refractivity contribution < 1.29 is 37.4 Å². The van der Waals surface area contributed by atoms with Crippen LogP contribution in [0, 0.1) is 11.2 Å². The Balaban J connectivity index is 1.31. The zero-order valence-corrected chi connectivity index (χ0v) is 27.5. The van der Waals surface area contributed by atoms with E-state index in [1.165, 1.54) is 18.4 Å². The molecule has 0 fully saturated rings. The van der Waals surface area contributed by atoms with Crippen LogP contribution in [0.1, 0.15) is 66.4 Å². The molecule has 0 radical (unpaired) electrons. The van der Waals surface area contributed by atoms with E-state index in [-0.39, 0.29) is 48.6 Å². The first-order valence-corrected chi connectivity index (χ1v) is 16.3. The Bertz CT molecular complexity index is 2120. The minimum absolute atomic E-state index is 0.0232. The monoisotopic (exact) mass is 679 g/mol. The number of carbonyl (C=O) groups is 2. The number of alkyl carbamates (subject to hydrolysis) is 1. The molecule has 8 rings (SSSR count). The zero-order valence-electron chi connectivity index (χ0n) is 27.5. The van der Waals surface area contributed by atoms with Crippen LogP contribution in [0.2, 0.25) is 0 Å². The Morgan fingerprint density at radius 2 is 1.90 bits per heavy atom. The van der Waals surface area contributed by atoms with Crippen LogP contribution in [0.25, 0.3) is 11.6 Å². The highest BCUT2D eigenvalue weighted by Crippen LogP contribution is 2.59. The van der Waals surface area contributed by atoms with Crippen molar-refractivity contribution in [2.45, 2.75) is 64.1 Å². The molecule has 1 spiro atoms. The van der Waals surface area contributed by atoms with E-state index in [1.54, 1.807) is 12.1 Å². The van der Waals surface area contributed by atoms with Crippen molar-refractivity contribution in [1.82, 2.24) is 20.6 Å². The van der Waals surface area contributed by atoms with Crippen LogP contribution in [0.15, 0.2) is 81.8 Å². The van der Waals surface area contributed by atoms with Crippen LogP contribution in [-0.4, -0.2) is 39.3 Å². The quantitative estimate of drug-likeness (QED) is 0.187. The summed E-state index contributed by atoms with van der Waals surface area (Å²) in [6.45, 7) is 5.41. The van der Waals surface area contributed by atoms with Crippen LogP contribution < -0.4 is 20.7 Å². The van der Waals surface area contributed by atoms with Crippen LogP contribution >= 0.6 is 0 Å². The lowest BCUT2D eigenvalue weighted by Crippen LogP contribution is -2.50. The molecule has 5 aromatic rings. The molecule has 3 aliphatic heterocycles. The van der Waals surface area contributed by atoms with E-state index in [9.17, 15) is 14.7 Å². The number of amides is 2. The predicted molar refractivity (Wildman–Crippen MR) is 176 cm³/mol. The zero-order chi connectivity index (χ0) is 34.8. The van der Waals surface area contributed by atoms with Gasteiger partial charge in [0.15, 0.2) is 17.7 Å². The van der Waals surface area contributed by atoms with Gasteiger partial charge in [-0.2, -0.15) is 0 Å². The molecule has 4 N–H and O–H groups in total. The number of nitrogens with zero attached hydrogens (tertiary/aromatic N) is 2. The average Bonchev–Trinajstić information content (AvgIpc) is 3.87. The van der Waals surface area contributed by atoms with Gasteiger partial charge in [0.05, 0.1) is 6.61 Å². The van der Waals surface area contributed by atoms with Crippen LogP contribution in [-0.2, 0) is 34.6 Å². The molecule has 0 saturated carbocycles. The first kappa shape index (κ1) is 31.6. The molecule has 13 heteroatoms. The van der Waals surface area contributed by atoms with Gasteiger partial charge in [-0.3, -0.25) is 4.79 Å². The Labute approximate surface area is 286 Å². The number of aliphatic hydroxyl groups excluding tert-OH is 1. The van der Waals surface area contributed by atoms with E-state index in [2.05, 4.69) is 20.9 Å². The van der Waals surface area contributed by atoms with E-state index < -0.39 is 47.0 Å². The van der Waals surface area contributed by atoms with E-state index in [4.69, 9.17) is 23.3 Å². The number of nitrogens with one attached hydrogen (secondary N) is 3. The molecule has 5 heterocycles. The van der Waals surface area contributed by atoms with Crippen LogP contribution in [0.5, 0.6) is 5.75 Å². The fourth-order valence-corrected chi connectivity index (χ4v) is 6.97. The lowest BCUT2D eigenvalue weighted by atomic mass is 9.72. The average molecular weight is 680 g/mol. The summed E-state index contributed by atoms with van der Waals surface area (Å²) in [7, 11) is 0. The lowest BCUT2D eigenvalue weighted by Gasteiger charge is -2.32. The van der Waals surface area contributed by atoms with Gasteiger partial charge in [-0.05, 0) is 40.8 Å². The molecule has 12 nitrogen and oxygen atoms in total. The fraction of sp³-hybridized carbons (Fsp3) is 0.297. The summed E-state index contributed by atoms with van der Waals surface area (Å²) >= 11 is 0. The first-order chi connectivity index (χ1) is 24.0. The number of hydrogen-bond acceptors (Lipinski definition) is 10. The number of carbonyl (C=O) groups excluding carboxylic acids is 2. The summed E-state index contributed by atoms with van der Waals surface area (Å²) in [5, 5.41) is 19.0. The van der Waals surface area contributed by atoms with Gasteiger partial charge < -0.3 is 39.4 Å². The number of fused-ring (bicyclic) bond motifs is 4. The summed E-state index contributed by atoms with van der Waals surface area (Å²) in [6.07, 6.45) is -0.128. The minimum Gasteiger partial charge on any atom is -0.469 e. The molecule has 3 aliphatic rings. The third-order valence-electron chi connectivity index (χ3n) is 9.38. The van der Waals surface area contributed by atoms with E-state index >= 15 is 4.39 Å². The number of halogens is 1. The molecule has 2 amide bonds. The van der Waals surface area contributed by atoms with Crippen LogP contribution in [0.3, 0.4) is 0 Å². The highest BCUT2D eigenvalue weighted by atomic mass is 19.1. The second-order valence-corrected chi connectivity index (χ2v) is 13.8. The summed E-state index contributed by atoms with van der Waals surface area (Å²) in [6, 6.07) is 17.3. The summed E-state index contributed by atoms with van der Waals surface area (Å²) in [5.74, 6) is 0.0224. The van der Waals surface area contributed by atoms with Crippen molar-refractivity contribution >= 4 is 17.7 Å². The fourth-order valence-electron chi connectivity index (χ4n) is 6.97. The van der Waals surface area contributed by atoms with Gasteiger partial charge >= 0.3 is 6.09 Å². The molecule has 0 saturated heterocycles. The Morgan fingerprint density at radius 3 is 2.66 bits per heavy atom. The van der Waals surface area contributed by atoms with Gasteiger partial charge in [0, 0.05) is 23.2 Å². The highest BCUT2D eigenvalue weighted by molar-refractivity contribution is 5.86. The molecule has 4 bridgehead atoms. The summed E-state index contributed by atoms with van der Waals surface area (Å²) < 4.78 is 39.8. The second kappa shape index (κ2) is 11.7. The number of aromatic nitrogens is 2. The molecular weight excluding hydrogens is 645 g/mol. The molecule has 256 valence electrons. The predicted octanol–water partition coefficient (Wildman–Crippen LogP) is 5.49. The molecule has 50 heavy (non-hydrogen) atoms. The van der Waals surface area contributed by atoms with Gasteiger partial charge in [-0.25, -0.2) is 19.2 Å². The minimum atomic E-state index is -1.29. The number of hydrogen-bond donors (Lipinski definition) is 4. The van der Waals surface area contributed by atoms with Crippen molar-refractivity contribution in [1.29, 1.82) is 0 Å². The number of oxazole rings is 2. The maximum Gasteiger partial charge on any atom is 0.408 e. The number of ether oxygens (including phenoxy) is 2. The van der Waals surface area contributed by atoms with Crippen molar-refractivity contribution in [3.05, 3.63) is 118 Å². The Morgan fingerprint density at radius 1 is 1.08 bits per heavy atom. The van der Waals surface area contributed by atoms with Crippen molar-refractivity contribution in [3.8, 4) is 17.3 Å². The first-order valence-electron chi connectivity index (χ1n) is 16.3. The molecule has 3 aromatic carbocycles. The van der Waals surface area contributed by atoms with Gasteiger partial charge in [-0.15, -0.1) is 0 Å². The molecular formula is C37H34FN5O7. The standard InChI is InChI=1S/C37H34FN5O7/c1-36(2,3)29-33-42-28(32-39-22(16-44)18-47-32)30(50-33)37-23-15-21(38)10-11-25(23)40-34(37)49-27-12-9-20(13-24(27)37)14-26(31(45)43-29)41-35(46)48-17-19-7-5-4-6-8-19/h4-13,15,18,26,29,34,40,44H,14,16-17H2,1-3H3,(H,41,46)(H,43,45)/t26-,29+,34+,37-/m0/s1. The molecule has 2 aromatic heterocycles. The third kappa shape index (κ3) is 5.16. The lowest BCUT2D eigenvalue weighted by molar-refractivity contribution is -0.124. The number of aliphatic hydroxyl groups is 1. The maximum absolute atomic E-state index is 15.2. The summed E-state index contributed by atoms with van der Waals surface area (Å²) in [4.78, 5) is 36.6. The van der Waals surface area contributed by atoms with Crippen LogP contribution in [0.4, 0.5) is 14.9 Å². The van der Waals surface area contributed by atoms with E-state index in [0.717, 1.165) is 5.56 Å². The van der Waals surface area contributed by atoms with Crippen molar-refractivity contribution in [2.24, 2.45) is 5.41 Å². The second-order valence-electron chi connectivity index (χ2n) is 13.8. The van der Waals surface area contributed by atoms with Crippen molar-refractivity contribution in [3.63, 3.8) is 0 Å². The van der Waals surface area contributed by atoms with Gasteiger partial charge in [0.25, 0.3) is 0 Å².